The van der Waals surface area contributed by atoms with Crippen molar-refractivity contribution in [3.8, 4) is 5.69 Å². The molecule has 3 aromatic carbocycles. The van der Waals surface area contributed by atoms with Crippen LogP contribution in [0.3, 0.4) is 0 Å². The molecule has 0 fully saturated rings. The Labute approximate surface area is 242 Å². The highest BCUT2D eigenvalue weighted by Crippen LogP contribution is 2.34. The Kier molecular flexibility index (Phi) is 6.56. The molecule has 1 amide bonds. The van der Waals surface area contributed by atoms with Crippen molar-refractivity contribution < 1.29 is 4.79 Å². The lowest BCUT2D eigenvalue weighted by Crippen LogP contribution is -2.21. The maximum atomic E-state index is 12.6. The van der Waals surface area contributed by atoms with Crippen LogP contribution in [0.1, 0.15) is 44.7 Å². The lowest BCUT2D eigenvalue weighted by atomic mass is 9.89. The summed E-state index contributed by atoms with van der Waals surface area (Å²) in [6.07, 6.45) is 7.74. The predicted molar refractivity (Wildman–Crippen MR) is 164 cm³/mol. The number of para-hydroxylation sites is 3. The van der Waals surface area contributed by atoms with E-state index in [1.165, 1.54) is 10.9 Å². The molecule has 0 unspecified atom stereocenters. The van der Waals surface area contributed by atoms with Crippen LogP contribution in [0.25, 0.3) is 27.5 Å². The molecule has 0 radical (unpaired) electrons. The molecule has 7 aromatic rings. The Morgan fingerprint density at radius 1 is 0.762 bits per heavy atom. The van der Waals surface area contributed by atoms with E-state index < -0.39 is 5.91 Å². The number of nitrogens with one attached hydrogen (secondary N) is 2. The highest BCUT2D eigenvalue weighted by molar-refractivity contribution is 5.92. The molecule has 0 saturated heterocycles. The van der Waals surface area contributed by atoms with Gasteiger partial charge in [0, 0.05) is 52.5 Å². The van der Waals surface area contributed by atoms with Crippen LogP contribution >= 0.6 is 0 Å². The van der Waals surface area contributed by atoms with Gasteiger partial charge in [0.25, 0.3) is 5.91 Å². The molecule has 8 heteroatoms. The molecule has 4 heterocycles. The topological polar surface area (TPSA) is 118 Å². The van der Waals surface area contributed by atoms with Crippen molar-refractivity contribution in [1.29, 1.82) is 0 Å². The number of H-pyrrole nitrogens is 2. The van der Waals surface area contributed by atoms with Gasteiger partial charge in [0.15, 0.2) is 0 Å². The summed E-state index contributed by atoms with van der Waals surface area (Å²) in [6, 6.07) is 30.4. The molecule has 7 rings (SSSR count). The second kappa shape index (κ2) is 10.8. The Morgan fingerprint density at radius 2 is 1.43 bits per heavy atom. The average Bonchev–Trinajstić information content (AvgIpc) is 3.76. The molecule has 0 saturated carbocycles. The number of hydrogen-bond acceptors (Lipinski definition) is 4. The molecule has 0 spiro atoms. The first-order valence-electron chi connectivity index (χ1n) is 14.0. The number of nitrogens with zero attached hydrogens (tertiary/aromatic N) is 4. The molecule has 0 bridgehead atoms. The number of aromatic amines is 2. The first-order valence-corrected chi connectivity index (χ1v) is 14.0. The lowest BCUT2D eigenvalue weighted by molar-refractivity contribution is 0.0994. The standard InChI is InChI=1S/C34H29N7O/c35-33(42)32-27(13-8-18-36-32)28(19-23-21-38-30-15-7-5-12-26(23)30)34-40-39-31(41(34)24-9-2-1-3-10-24)17-16-22-20-37-29-14-6-4-11-25(22)29/h1-15,18,20-21,28,37-38H,16-17,19H2,(H2,35,42)/t28-/m1/s1. The van der Waals surface area contributed by atoms with Gasteiger partial charge in [-0.15, -0.1) is 10.2 Å². The van der Waals surface area contributed by atoms with Crippen molar-refractivity contribution in [3.63, 3.8) is 0 Å². The lowest BCUT2D eigenvalue weighted by Gasteiger charge is -2.20. The van der Waals surface area contributed by atoms with Gasteiger partial charge in [-0.25, -0.2) is 0 Å². The molecule has 206 valence electrons. The van der Waals surface area contributed by atoms with Gasteiger partial charge in [0.2, 0.25) is 0 Å². The van der Waals surface area contributed by atoms with E-state index in [0.29, 0.717) is 12.8 Å². The summed E-state index contributed by atoms with van der Waals surface area (Å²) < 4.78 is 2.13. The van der Waals surface area contributed by atoms with Crippen molar-refractivity contribution in [3.05, 3.63) is 144 Å². The predicted octanol–water partition coefficient (Wildman–Crippen LogP) is 5.88. The van der Waals surface area contributed by atoms with Gasteiger partial charge in [-0.05, 0) is 59.9 Å². The summed E-state index contributed by atoms with van der Waals surface area (Å²) in [5.41, 5.74) is 12.3. The molecular weight excluding hydrogens is 522 g/mol. The molecular formula is C34H29N7O. The SMILES string of the molecule is NC(=O)c1ncccc1[C@@H](Cc1c[nH]c2ccccc12)c1nnc(CCc2c[nH]c3ccccc23)n1-c1ccccc1. The van der Waals surface area contributed by atoms with Crippen molar-refractivity contribution in [1.82, 2.24) is 29.7 Å². The number of fused-ring (bicyclic) bond motifs is 2. The number of aromatic nitrogens is 6. The number of primary amides is 1. The summed E-state index contributed by atoms with van der Waals surface area (Å²) in [5.74, 6) is 0.667. The number of amides is 1. The quantitative estimate of drug-likeness (QED) is 0.207. The van der Waals surface area contributed by atoms with Gasteiger partial charge in [-0.2, -0.15) is 0 Å². The Bertz CT molecular complexity index is 2020. The first-order chi connectivity index (χ1) is 20.7. The number of carbonyl (C=O) groups excluding carboxylic acids is 1. The van der Waals surface area contributed by atoms with E-state index >= 15 is 0 Å². The minimum absolute atomic E-state index is 0.241. The Morgan fingerprint density at radius 3 is 2.17 bits per heavy atom. The smallest absolute Gasteiger partial charge is 0.267 e. The van der Waals surface area contributed by atoms with Gasteiger partial charge in [-0.3, -0.25) is 14.3 Å². The maximum absolute atomic E-state index is 12.6. The molecule has 4 N–H and O–H groups in total. The van der Waals surface area contributed by atoms with Crippen LogP contribution in [0.4, 0.5) is 0 Å². The van der Waals surface area contributed by atoms with Gasteiger partial charge in [0.05, 0.1) is 5.92 Å². The number of nitrogens with two attached hydrogens (primary N) is 1. The van der Waals surface area contributed by atoms with Crippen molar-refractivity contribution in [2.45, 2.75) is 25.2 Å². The van der Waals surface area contributed by atoms with Crippen LogP contribution in [0.2, 0.25) is 0 Å². The van der Waals surface area contributed by atoms with Crippen molar-refractivity contribution in [2.24, 2.45) is 5.73 Å². The minimum atomic E-state index is -0.570. The van der Waals surface area contributed by atoms with Crippen LogP contribution in [0, 0.1) is 0 Å². The molecule has 0 aliphatic heterocycles. The second-order valence-electron chi connectivity index (χ2n) is 10.4. The highest BCUT2D eigenvalue weighted by atomic mass is 16.1. The van der Waals surface area contributed by atoms with E-state index in [2.05, 4.69) is 68.2 Å². The number of aryl methyl sites for hydroxylation is 2. The third-order valence-corrected chi connectivity index (χ3v) is 7.92. The molecule has 4 aromatic heterocycles. The number of carbonyl (C=O) groups is 1. The minimum Gasteiger partial charge on any atom is -0.364 e. The van der Waals surface area contributed by atoms with E-state index in [-0.39, 0.29) is 11.6 Å². The third kappa shape index (κ3) is 4.62. The van der Waals surface area contributed by atoms with E-state index in [0.717, 1.165) is 51.3 Å². The zero-order chi connectivity index (χ0) is 28.5. The second-order valence-corrected chi connectivity index (χ2v) is 10.4. The largest absolute Gasteiger partial charge is 0.364 e. The van der Waals surface area contributed by atoms with E-state index in [4.69, 9.17) is 15.9 Å². The molecule has 42 heavy (non-hydrogen) atoms. The fourth-order valence-electron chi connectivity index (χ4n) is 5.93. The van der Waals surface area contributed by atoms with Crippen LogP contribution < -0.4 is 5.73 Å². The van der Waals surface area contributed by atoms with E-state index in [1.54, 1.807) is 6.20 Å². The van der Waals surface area contributed by atoms with E-state index in [1.807, 2.05) is 54.7 Å². The number of pyridine rings is 1. The number of benzene rings is 3. The summed E-state index contributed by atoms with van der Waals surface area (Å²) in [6.45, 7) is 0. The summed E-state index contributed by atoms with van der Waals surface area (Å²) in [7, 11) is 0. The monoisotopic (exact) mass is 551 g/mol. The van der Waals surface area contributed by atoms with Crippen LogP contribution in [0.5, 0.6) is 0 Å². The van der Waals surface area contributed by atoms with E-state index in [9.17, 15) is 4.79 Å². The number of hydrogen-bond donors (Lipinski definition) is 3. The number of rotatable bonds is 9. The summed E-state index contributed by atoms with van der Waals surface area (Å²) in [5, 5.41) is 11.9. The van der Waals surface area contributed by atoms with Gasteiger partial charge < -0.3 is 15.7 Å². The zero-order valence-electron chi connectivity index (χ0n) is 22.9. The van der Waals surface area contributed by atoms with Gasteiger partial charge >= 0.3 is 0 Å². The maximum Gasteiger partial charge on any atom is 0.267 e. The molecule has 8 nitrogen and oxygen atoms in total. The van der Waals surface area contributed by atoms with Gasteiger partial charge in [0.1, 0.15) is 17.3 Å². The highest BCUT2D eigenvalue weighted by Gasteiger charge is 2.29. The Hall–Kier alpha value is -5.50. The summed E-state index contributed by atoms with van der Waals surface area (Å²) >= 11 is 0. The normalized spacial score (nSPS) is 12.2. The molecule has 0 aliphatic rings. The zero-order valence-corrected chi connectivity index (χ0v) is 22.9. The Balaban J connectivity index is 1.36. The van der Waals surface area contributed by atoms with Crippen LogP contribution in [-0.4, -0.2) is 35.6 Å². The van der Waals surface area contributed by atoms with Crippen molar-refractivity contribution in [2.75, 3.05) is 0 Å². The average molecular weight is 552 g/mol. The fraction of sp³-hybridized carbons (Fsp3) is 0.118. The van der Waals surface area contributed by atoms with Gasteiger partial charge in [-0.1, -0.05) is 60.7 Å². The molecule has 1 atom stereocenters. The van der Waals surface area contributed by atoms with Crippen LogP contribution in [0.15, 0.2) is 110 Å². The van der Waals surface area contributed by atoms with Crippen LogP contribution in [-0.2, 0) is 19.3 Å². The summed E-state index contributed by atoms with van der Waals surface area (Å²) in [4.78, 5) is 23.7. The first kappa shape index (κ1) is 25.5. The molecule has 0 aliphatic carbocycles. The fourth-order valence-corrected chi connectivity index (χ4v) is 5.93. The van der Waals surface area contributed by atoms with Crippen molar-refractivity contribution >= 4 is 27.7 Å². The third-order valence-electron chi connectivity index (χ3n) is 7.92.